The van der Waals surface area contributed by atoms with Crippen molar-refractivity contribution in [2.24, 2.45) is 5.92 Å². The van der Waals surface area contributed by atoms with Crippen LogP contribution in [-0.4, -0.2) is 29.6 Å². The molecule has 4 rings (SSSR count). The van der Waals surface area contributed by atoms with Crippen molar-refractivity contribution in [1.29, 1.82) is 0 Å². The summed E-state index contributed by atoms with van der Waals surface area (Å²) in [6, 6.07) is 9.83. The number of hydrogen-bond donors (Lipinski definition) is 0. The van der Waals surface area contributed by atoms with E-state index in [1.54, 1.807) is 0 Å². The van der Waals surface area contributed by atoms with Crippen LogP contribution in [0.15, 0.2) is 28.7 Å². The SMILES string of the molecule is Brc1cccc(OC2C[C@H]3CCC[C@@H](C2)N3CC2CC2)c1. The van der Waals surface area contributed by atoms with Gasteiger partial charge in [0, 0.05) is 23.1 Å². The van der Waals surface area contributed by atoms with Gasteiger partial charge in [0.15, 0.2) is 0 Å². The van der Waals surface area contributed by atoms with E-state index in [1.165, 1.54) is 51.5 Å². The Morgan fingerprint density at radius 3 is 2.52 bits per heavy atom. The summed E-state index contributed by atoms with van der Waals surface area (Å²) in [7, 11) is 0. The highest BCUT2D eigenvalue weighted by Crippen LogP contribution is 2.39. The molecule has 1 aromatic carbocycles. The van der Waals surface area contributed by atoms with Gasteiger partial charge in [-0.25, -0.2) is 0 Å². The molecule has 3 atom stereocenters. The Morgan fingerprint density at radius 2 is 1.86 bits per heavy atom. The van der Waals surface area contributed by atoms with Crippen molar-refractivity contribution >= 4 is 15.9 Å². The van der Waals surface area contributed by atoms with E-state index in [0.717, 1.165) is 28.2 Å². The predicted molar refractivity (Wildman–Crippen MR) is 88.6 cm³/mol. The second kappa shape index (κ2) is 5.92. The molecule has 2 nitrogen and oxygen atoms in total. The maximum Gasteiger partial charge on any atom is 0.120 e. The Hall–Kier alpha value is -0.540. The van der Waals surface area contributed by atoms with Crippen LogP contribution in [0.25, 0.3) is 0 Å². The highest BCUT2D eigenvalue weighted by atomic mass is 79.9. The van der Waals surface area contributed by atoms with Crippen LogP contribution in [0.4, 0.5) is 0 Å². The third-order valence-electron chi connectivity index (χ3n) is 5.35. The van der Waals surface area contributed by atoms with Crippen LogP contribution in [0.2, 0.25) is 0 Å². The second-order valence-corrected chi connectivity index (χ2v) is 7.96. The maximum absolute atomic E-state index is 6.28. The van der Waals surface area contributed by atoms with Gasteiger partial charge in [-0.1, -0.05) is 28.4 Å². The van der Waals surface area contributed by atoms with Gasteiger partial charge in [-0.15, -0.1) is 0 Å². The Kier molecular flexibility index (Phi) is 3.97. The lowest BCUT2D eigenvalue weighted by Gasteiger charge is -2.48. The molecule has 114 valence electrons. The van der Waals surface area contributed by atoms with Crippen molar-refractivity contribution in [3.05, 3.63) is 28.7 Å². The third-order valence-corrected chi connectivity index (χ3v) is 5.84. The number of halogens is 1. The molecule has 3 heteroatoms. The first-order valence-corrected chi connectivity index (χ1v) is 9.25. The van der Waals surface area contributed by atoms with Gasteiger partial charge >= 0.3 is 0 Å². The number of hydrogen-bond acceptors (Lipinski definition) is 2. The summed E-state index contributed by atoms with van der Waals surface area (Å²) in [5, 5.41) is 0. The van der Waals surface area contributed by atoms with Gasteiger partial charge in [0.2, 0.25) is 0 Å². The smallest absolute Gasteiger partial charge is 0.120 e. The minimum absolute atomic E-state index is 0.407. The summed E-state index contributed by atoms with van der Waals surface area (Å²) in [4.78, 5) is 2.84. The number of ether oxygens (including phenoxy) is 1. The van der Waals surface area contributed by atoms with Crippen LogP contribution in [0.5, 0.6) is 5.75 Å². The number of piperidine rings is 2. The van der Waals surface area contributed by atoms with Crippen LogP contribution in [0.1, 0.15) is 44.9 Å². The molecule has 1 saturated carbocycles. The zero-order valence-electron chi connectivity index (χ0n) is 12.5. The van der Waals surface area contributed by atoms with Crippen LogP contribution in [0, 0.1) is 5.92 Å². The molecule has 0 radical (unpaired) electrons. The number of benzene rings is 1. The van der Waals surface area contributed by atoms with E-state index < -0.39 is 0 Å². The summed E-state index contributed by atoms with van der Waals surface area (Å²) < 4.78 is 7.39. The summed E-state index contributed by atoms with van der Waals surface area (Å²) in [5.41, 5.74) is 0. The van der Waals surface area contributed by atoms with Crippen molar-refractivity contribution < 1.29 is 4.74 Å². The minimum atomic E-state index is 0.407. The molecule has 1 aromatic rings. The Balaban J connectivity index is 1.42. The Labute approximate surface area is 136 Å². The second-order valence-electron chi connectivity index (χ2n) is 7.05. The quantitative estimate of drug-likeness (QED) is 0.785. The van der Waals surface area contributed by atoms with E-state index >= 15 is 0 Å². The Morgan fingerprint density at radius 1 is 1.10 bits per heavy atom. The molecule has 0 aromatic heterocycles. The Bertz CT molecular complexity index is 488. The van der Waals surface area contributed by atoms with E-state index in [-0.39, 0.29) is 0 Å². The zero-order valence-corrected chi connectivity index (χ0v) is 14.1. The van der Waals surface area contributed by atoms with Gasteiger partial charge in [0.05, 0.1) is 0 Å². The first-order valence-electron chi connectivity index (χ1n) is 8.46. The fourth-order valence-electron chi connectivity index (χ4n) is 4.15. The fraction of sp³-hybridized carbons (Fsp3) is 0.667. The van der Waals surface area contributed by atoms with Crippen LogP contribution >= 0.6 is 15.9 Å². The molecule has 0 spiro atoms. The molecule has 1 unspecified atom stereocenters. The molecule has 2 saturated heterocycles. The lowest BCUT2D eigenvalue weighted by Crippen LogP contribution is -2.55. The third kappa shape index (κ3) is 3.29. The summed E-state index contributed by atoms with van der Waals surface area (Å²) >= 11 is 3.53. The molecule has 3 fully saturated rings. The monoisotopic (exact) mass is 349 g/mol. The van der Waals surface area contributed by atoms with E-state index in [0.29, 0.717) is 6.10 Å². The lowest BCUT2D eigenvalue weighted by atomic mass is 9.82. The lowest BCUT2D eigenvalue weighted by molar-refractivity contribution is -0.0193. The normalized spacial score (nSPS) is 32.9. The molecule has 21 heavy (non-hydrogen) atoms. The average Bonchev–Trinajstić information content (AvgIpc) is 3.23. The van der Waals surface area contributed by atoms with Gasteiger partial charge in [-0.05, 0) is 62.6 Å². The van der Waals surface area contributed by atoms with Crippen molar-refractivity contribution in [1.82, 2.24) is 4.90 Å². The first kappa shape index (κ1) is 14.1. The first-order chi connectivity index (χ1) is 10.3. The average molecular weight is 350 g/mol. The molecular formula is C18H24BrNO. The van der Waals surface area contributed by atoms with Crippen LogP contribution in [0.3, 0.4) is 0 Å². The van der Waals surface area contributed by atoms with Gasteiger partial charge in [-0.2, -0.15) is 0 Å². The van der Waals surface area contributed by atoms with Gasteiger partial charge in [-0.3, -0.25) is 4.90 Å². The highest BCUT2D eigenvalue weighted by molar-refractivity contribution is 9.10. The molecule has 0 amide bonds. The van der Waals surface area contributed by atoms with Crippen molar-refractivity contribution in [3.8, 4) is 5.75 Å². The standard InChI is InChI=1S/C18H24BrNO/c19-14-3-1-6-17(9-14)21-18-10-15-4-2-5-16(11-18)20(15)12-13-7-8-13/h1,3,6,9,13,15-16,18H,2,4-5,7-8,10-12H2/t15-,16+,18?. The molecular weight excluding hydrogens is 326 g/mol. The zero-order chi connectivity index (χ0) is 14.2. The van der Waals surface area contributed by atoms with Crippen LogP contribution in [-0.2, 0) is 0 Å². The summed E-state index contributed by atoms with van der Waals surface area (Å²) in [6.45, 7) is 1.36. The molecule has 3 aliphatic rings. The van der Waals surface area contributed by atoms with E-state index in [4.69, 9.17) is 4.74 Å². The van der Waals surface area contributed by atoms with Crippen molar-refractivity contribution in [3.63, 3.8) is 0 Å². The topological polar surface area (TPSA) is 12.5 Å². The highest BCUT2D eigenvalue weighted by Gasteiger charge is 2.41. The van der Waals surface area contributed by atoms with Gasteiger partial charge in [0.25, 0.3) is 0 Å². The largest absolute Gasteiger partial charge is 0.490 e. The summed E-state index contributed by atoms with van der Waals surface area (Å²) in [5.74, 6) is 2.03. The van der Waals surface area contributed by atoms with E-state index in [1.807, 2.05) is 0 Å². The van der Waals surface area contributed by atoms with Crippen molar-refractivity contribution in [2.75, 3.05) is 6.54 Å². The summed E-state index contributed by atoms with van der Waals surface area (Å²) in [6.07, 6.45) is 9.95. The number of fused-ring (bicyclic) bond motifs is 2. The molecule has 1 aliphatic carbocycles. The number of rotatable bonds is 4. The molecule has 0 N–H and O–H groups in total. The van der Waals surface area contributed by atoms with E-state index in [9.17, 15) is 0 Å². The van der Waals surface area contributed by atoms with Crippen molar-refractivity contribution in [2.45, 2.75) is 63.1 Å². The minimum Gasteiger partial charge on any atom is -0.490 e. The van der Waals surface area contributed by atoms with Gasteiger partial charge in [0.1, 0.15) is 11.9 Å². The predicted octanol–water partition coefficient (Wildman–Crippen LogP) is 4.62. The van der Waals surface area contributed by atoms with E-state index in [2.05, 4.69) is 45.1 Å². The van der Waals surface area contributed by atoms with Crippen LogP contribution < -0.4 is 4.74 Å². The van der Waals surface area contributed by atoms with Gasteiger partial charge < -0.3 is 4.74 Å². The molecule has 2 heterocycles. The maximum atomic E-state index is 6.28. The molecule has 2 bridgehead atoms. The molecule has 2 aliphatic heterocycles. The fourth-order valence-corrected chi connectivity index (χ4v) is 4.53. The number of nitrogens with zero attached hydrogens (tertiary/aromatic N) is 1.